The number of benzene rings is 2. The predicted octanol–water partition coefficient (Wildman–Crippen LogP) is 6.34. The number of nitrogens with one attached hydrogen (secondary N) is 1. The van der Waals surface area contributed by atoms with Crippen LogP contribution in [0.4, 0.5) is 15.8 Å². The van der Waals surface area contributed by atoms with Crippen LogP contribution in [0.1, 0.15) is 30.8 Å². The normalized spacial score (nSPS) is 13.9. The van der Waals surface area contributed by atoms with Gasteiger partial charge in [-0.1, -0.05) is 37.0 Å². The molecule has 1 aliphatic rings. The molecule has 4 rings (SSSR count). The molecular formula is C26H26Cl2FN3O3. The molecule has 1 aromatic heterocycles. The summed E-state index contributed by atoms with van der Waals surface area (Å²) >= 11 is 12.4. The lowest BCUT2D eigenvalue weighted by atomic mass is 10.1. The average Bonchev–Trinajstić information content (AvgIpc) is 3.31. The number of amides is 2. The second-order valence-corrected chi connectivity index (χ2v) is 9.69. The van der Waals surface area contributed by atoms with Gasteiger partial charge in [0.25, 0.3) is 5.91 Å². The molecule has 0 atom stereocenters. The maximum Gasteiger partial charge on any atom is 0.291 e. The van der Waals surface area contributed by atoms with Crippen LogP contribution in [0.5, 0.6) is 0 Å². The predicted molar refractivity (Wildman–Crippen MR) is 137 cm³/mol. The maximum atomic E-state index is 13.4. The number of hydrogen-bond donors (Lipinski definition) is 1. The van der Waals surface area contributed by atoms with Crippen LogP contribution in [0, 0.1) is 11.7 Å². The van der Waals surface area contributed by atoms with Crippen molar-refractivity contribution in [2.24, 2.45) is 5.92 Å². The summed E-state index contributed by atoms with van der Waals surface area (Å²) in [5, 5.41) is 3.26. The van der Waals surface area contributed by atoms with Crippen molar-refractivity contribution in [1.82, 2.24) is 4.90 Å². The molecule has 1 fully saturated rings. The molecule has 1 N–H and O–H groups in total. The zero-order valence-corrected chi connectivity index (χ0v) is 21.0. The van der Waals surface area contributed by atoms with Gasteiger partial charge in [-0.25, -0.2) is 4.39 Å². The summed E-state index contributed by atoms with van der Waals surface area (Å²) in [4.78, 5) is 29.0. The van der Waals surface area contributed by atoms with Crippen molar-refractivity contribution in [3.05, 3.63) is 70.2 Å². The summed E-state index contributed by atoms with van der Waals surface area (Å²) in [5.41, 5.74) is 1.94. The van der Waals surface area contributed by atoms with Gasteiger partial charge in [0.05, 0.1) is 15.7 Å². The minimum atomic E-state index is -0.526. The summed E-state index contributed by atoms with van der Waals surface area (Å²) < 4.78 is 19.0. The van der Waals surface area contributed by atoms with Crippen molar-refractivity contribution in [1.29, 1.82) is 0 Å². The third-order valence-electron chi connectivity index (χ3n) is 5.80. The Hall–Kier alpha value is -3.03. The fraction of sp³-hybridized carbons (Fsp3) is 0.308. The van der Waals surface area contributed by atoms with Crippen molar-refractivity contribution in [3.63, 3.8) is 0 Å². The Kier molecular flexibility index (Phi) is 7.67. The number of furan rings is 1. The van der Waals surface area contributed by atoms with E-state index < -0.39 is 11.7 Å². The van der Waals surface area contributed by atoms with Crippen molar-refractivity contribution in [3.8, 4) is 11.3 Å². The molecule has 0 saturated carbocycles. The Balaban J connectivity index is 1.38. The topological polar surface area (TPSA) is 65.8 Å². The molecule has 2 aromatic carbocycles. The van der Waals surface area contributed by atoms with Gasteiger partial charge in [0.2, 0.25) is 5.91 Å². The van der Waals surface area contributed by atoms with Crippen molar-refractivity contribution < 1.29 is 18.4 Å². The summed E-state index contributed by atoms with van der Waals surface area (Å²) in [5.74, 6) is 0.0610. The summed E-state index contributed by atoms with van der Waals surface area (Å²) in [6.07, 6.45) is 0.559. The van der Waals surface area contributed by atoms with Crippen LogP contribution in [-0.4, -0.2) is 42.9 Å². The Morgan fingerprint density at radius 1 is 1.00 bits per heavy atom. The van der Waals surface area contributed by atoms with Gasteiger partial charge in [0.15, 0.2) is 5.76 Å². The molecule has 1 saturated heterocycles. The Labute approximate surface area is 213 Å². The molecule has 9 heteroatoms. The first-order chi connectivity index (χ1) is 16.7. The molecular weight excluding hydrogens is 492 g/mol. The number of anilines is 2. The van der Waals surface area contributed by atoms with Gasteiger partial charge < -0.3 is 19.5 Å². The van der Waals surface area contributed by atoms with Crippen LogP contribution in [0.15, 0.2) is 52.9 Å². The lowest BCUT2D eigenvalue weighted by Gasteiger charge is -2.36. The fourth-order valence-corrected chi connectivity index (χ4v) is 4.45. The van der Waals surface area contributed by atoms with Gasteiger partial charge in [-0.2, -0.15) is 0 Å². The number of piperazine rings is 1. The van der Waals surface area contributed by atoms with Crippen LogP contribution in [-0.2, 0) is 4.79 Å². The molecule has 0 unspecified atom stereocenters. The van der Waals surface area contributed by atoms with E-state index in [2.05, 4.69) is 10.2 Å². The molecule has 3 aromatic rings. The maximum absolute atomic E-state index is 13.4. The van der Waals surface area contributed by atoms with Gasteiger partial charge in [-0.3, -0.25) is 9.59 Å². The van der Waals surface area contributed by atoms with Crippen LogP contribution >= 0.6 is 23.2 Å². The molecule has 0 bridgehead atoms. The number of hydrogen-bond acceptors (Lipinski definition) is 4. The van der Waals surface area contributed by atoms with Gasteiger partial charge >= 0.3 is 0 Å². The van der Waals surface area contributed by atoms with Gasteiger partial charge in [0.1, 0.15) is 11.6 Å². The quantitative estimate of drug-likeness (QED) is 0.414. The zero-order valence-electron chi connectivity index (χ0n) is 19.5. The minimum Gasteiger partial charge on any atom is -0.451 e. The monoisotopic (exact) mass is 517 g/mol. The highest BCUT2D eigenvalue weighted by Crippen LogP contribution is 2.31. The second-order valence-electron chi connectivity index (χ2n) is 8.88. The van der Waals surface area contributed by atoms with Crippen molar-refractivity contribution in [2.45, 2.75) is 20.3 Å². The number of nitrogens with zero attached hydrogens (tertiary/aromatic N) is 2. The molecule has 1 aliphatic heterocycles. The van der Waals surface area contributed by atoms with E-state index in [0.29, 0.717) is 60.6 Å². The van der Waals surface area contributed by atoms with Crippen LogP contribution in [0.2, 0.25) is 10.0 Å². The molecule has 2 heterocycles. The van der Waals surface area contributed by atoms with E-state index in [1.165, 1.54) is 24.3 Å². The standard InChI is InChI=1S/C26H26Cl2FN3O3/c1-16(2)13-25(33)32-11-9-31(10-12-32)22-6-4-18(15-20(22)28)30-26(34)24-8-7-23(35-24)17-3-5-21(29)19(27)14-17/h3-8,14-16H,9-13H2,1-2H3,(H,30,34). The van der Waals surface area contributed by atoms with Gasteiger partial charge in [-0.05, 0) is 54.4 Å². The number of carbonyl (C=O) groups excluding carboxylic acids is 2. The number of halogens is 3. The van der Waals surface area contributed by atoms with E-state index in [1.54, 1.807) is 18.2 Å². The highest BCUT2D eigenvalue weighted by Gasteiger charge is 2.23. The molecule has 35 heavy (non-hydrogen) atoms. The first-order valence-electron chi connectivity index (χ1n) is 11.4. The SMILES string of the molecule is CC(C)CC(=O)N1CCN(c2ccc(NC(=O)c3ccc(-c4ccc(F)c(Cl)c4)o3)cc2Cl)CC1. The molecule has 0 spiro atoms. The summed E-state index contributed by atoms with van der Waals surface area (Å²) in [6, 6.07) is 12.7. The van der Waals surface area contributed by atoms with E-state index in [0.717, 1.165) is 5.69 Å². The summed E-state index contributed by atoms with van der Waals surface area (Å²) in [7, 11) is 0. The third kappa shape index (κ3) is 5.97. The lowest BCUT2D eigenvalue weighted by Crippen LogP contribution is -2.49. The largest absolute Gasteiger partial charge is 0.451 e. The highest BCUT2D eigenvalue weighted by atomic mass is 35.5. The zero-order chi connectivity index (χ0) is 25.1. The highest BCUT2D eigenvalue weighted by molar-refractivity contribution is 6.33. The fourth-order valence-electron chi connectivity index (χ4n) is 3.97. The number of rotatable bonds is 6. The molecule has 6 nitrogen and oxygen atoms in total. The number of carbonyl (C=O) groups is 2. The van der Waals surface area contributed by atoms with Crippen LogP contribution in [0.25, 0.3) is 11.3 Å². The molecule has 2 amide bonds. The smallest absolute Gasteiger partial charge is 0.291 e. The van der Waals surface area contributed by atoms with Crippen LogP contribution in [0.3, 0.4) is 0 Å². The van der Waals surface area contributed by atoms with Crippen molar-refractivity contribution in [2.75, 3.05) is 36.4 Å². The molecule has 0 aliphatic carbocycles. The lowest BCUT2D eigenvalue weighted by molar-refractivity contribution is -0.132. The van der Waals surface area contributed by atoms with Crippen LogP contribution < -0.4 is 10.2 Å². The molecule has 184 valence electrons. The minimum absolute atomic E-state index is 0.0248. The first-order valence-corrected chi connectivity index (χ1v) is 12.2. The Morgan fingerprint density at radius 3 is 2.40 bits per heavy atom. The first kappa shape index (κ1) is 25.1. The second kappa shape index (κ2) is 10.7. The van der Waals surface area contributed by atoms with Crippen molar-refractivity contribution >= 4 is 46.4 Å². The van der Waals surface area contributed by atoms with E-state index in [4.69, 9.17) is 27.6 Å². The van der Waals surface area contributed by atoms with E-state index in [1.807, 2.05) is 24.8 Å². The Morgan fingerprint density at radius 2 is 1.74 bits per heavy atom. The molecule has 0 radical (unpaired) electrons. The van der Waals surface area contributed by atoms with E-state index in [-0.39, 0.29) is 16.7 Å². The summed E-state index contributed by atoms with van der Waals surface area (Å²) in [6.45, 7) is 6.78. The third-order valence-corrected chi connectivity index (χ3v) is 6.39. The van der Waals surface area contributed by atoms with E-state index >= 15 is 0 Å². The Bertz CT molecular complexity index is 1240. The van der Waals surface area contributed by atoms with Gasteiger partial charge in [-0.15, -0.1) is 0 Å². The average molecular weight is 518 g/mol. The van der Waals surface area contributed by atoms with Gasteiger partial charge in [0, 0.05) is 43.9 Å². The van der Waals surface area contributed by atoms with E-state index in [9.17, 15) is 14.0 Å².